The first-order valence-electron chi connectivity index (χ1n) is 5.24. The average molecular weight is 256 g/mol. The molecule has 1 aromatic heterocycles. The highest BCUT2D eigenvalue weighted by molar-refractivity contribution is 7.17. The van der Waals surface area contributed by atoms with Crippen LogP contribution in [-0.2, 0) is 0 Å². The fraction of sp³-hybridized carbons (Fsp3) is 0.500. The van der Waals surface area contributed by atoms with Crippen LogP contribution in [0.15, 0.2) is 12.1 Å². The Morgan fingerprint density at radius 1 is 1.59 bits per heavy atom. The van der Waals surface area contributed by atoms with E-state index < -0.39 is 10.5 Å². The van der Waals surface area contributed by atoms with Gasteiger partial charge in [0, 0.05) is 6.07 Å². The number of amides is 1. The van der Waals surface area contributed by atoms with Crippen molar-refractivity contribution in [2.24, 2.45) is 0 Å². The van der Waals surface area contributed by atoms with E-state index in [1.165, 1.54) is 12.1 Å². The summed E-state index contributed by atoms with van der Waals surface area (Å²) >= 11 is 0.842. The van der Waals surface area contributed by atoms with Gasteiger partial charge in [0.15, 0.2) is 0 Å². The van der Waals surface area contributed by atoms with Crippen LogP contribution in [0.5, 0.6) is 0 Å². The Morgan fingerprint density at radius 3 is 2.71 bits per heavy atom. The van der Waals surface area contributed by atoms with Crippen LogP contribution in [0.1, 0.15) is 28.9 Å². The number of nitro groups is 1. The van der Waals surface area contributed by atoms with Gasteiger partial charge < -0.3 is 10.4 Å². The molecule has 1 aliphatic rings. The predicted octanol–water partition coefficient (Wildman–Crippen LogP) is 1.30. The van der Waals surface area contributed by atoms with Gasteiger partial charge in [-0.05, 0) is 25.3 Å². The molecule has 1 heterocycles. The number of nitrogens with zero attached hydrogens (tertiary/aromatic N) is 1. The van der Waals surface area contributed by atoms with Crippen molar-refractivity contribution in [3.63, 3.8) is 0 Å². The van der Waals surface area contributed by atoms with E-state index in [0.29, 0.717) is 4.88 Å². The first-order chi connectivity index (χ1) is 8.06. The summed E-state index contributed by atoms with van der Waals surface area (Å²) in [6.07, 6.45) is 2.48. The molecule has 1 saturated carbocycles. The normalized spacial score (nSPS) is 17.2. The summed E-state index contributed by atoms with van der Waals surface area (Å²) in [5, 5.41) is 22.4. The predicted molar refractivity (Wildman–Crippen MR) is 62.1 cm³/mol. The highest BCUT2D eigenvalue weighted by Crippen LogP contribution is 2.32. The Kier molecular flexibility index (Phi) is 3.12. The van der Waals surface area contributed by atoms with Crippen molar-refractivity contribution in [3.8, 4) is 0 Å². The Balaban J connectivity index is 2.06. The van der Waals surface area contributed by atoms with Gasteiger partial charge in [-0.25, -0.2) is 0 Å². The molecule has 0 saturated heterocycles. The van der Waals surface area contributed by atoms with Gasteiger partial charge in [0.25, 0.3) is 5.91 Å². The van der Waals surface area contributed by atoms with E-state index >= 15 is 0 Å². The van der Waals surface area contributed by atoms with Crippen molar-refractivity contribution >= 4 is 22.2 Å². The number of aliphatic hydroxyl groups excluding tert-OH is 1. The van der Waals surface area contributed by atoms with Gasteiger partial charge in [-0.15, -0.1) is 0 Å². The number of nitrogens with one attached hydrogen (secondary N) is 1. The Hall–Kier alpha value is -1.47. The molecule has 17 heavy (non-hydrogen) atoms. The molecule has 2 rings (SSSR count). The SMILES string of the molecule is O=C(NC1(CO)CCC1)c1ccc([N+](=O)[O-])s1. The minimum Gasteiger partial charge on any atom is -0.394 e. The van der Waals surface area contributed by atoms with Crippen LogP contribution in [-0.4, -0.2) is 28.1 Å². The molecule has 0 unspecified atom stereocenters. The van der Waals surface area contributed by atoms with Crippen molar-refractivity contribution in [2.45, 2.75) is 24.8 Å². The first kappa shape index (κ1) is 12.0. The summed E-state index contributed by atoms with van der Waals surface area (Å²) in [6.45, 7) is -0.0911. The van der Waals surface area contributed by atoms with Gasteiger partial charge in [0.05, 0.1) is 21.9 Å². The second-order valence-electron chi connectivity index (χ2n) is 4.14. The van der Waals surface area contributed by atoms with Crippen LogP contribution in [0.2, 0.25) is 0 Å². The molecule has 0 bridgehead atoms. The highest BCUT2D eigenvalue weighted by atomic mass is 32.1. The fourth-order valence-corrected chi connectivity index (χ4v) is 2.49. The zero-order valence-electron chi connectivity index (χ0n) is 9.01. The summed E-state index contributed by atoms with van der Waals surface area (Å²) in [5.41, 5.74) is -0.518. The summed E-state index contributed by atoms with van der Waals surface area (Å²) in [4.78, 5) is 22.1. The molecule has 0 spiro atoms. The maximum Gasteiger partial charge on any atom is 0.324 e. The molecule has 92 valence electrons. The van der Waals surface area contributed by atoms with Crippen LogP contribution in [0, 0.1) is 10.1 Å². The Labute approximate surface area is 101 Å². The van der Waals surface area contributed by atoms with E-state index in [2.05, 4.69) is 5.32 Å². The molecule has 0 atom stereocenters. The molecule has 1 fully saturated rings. The van der Waals surface area contributed by atoms with Crippen LogP contribution in [0.25, 0.3) is 0 Å². The molecule has 1 aromatic rings. The van der Waals surface area contributed by atoms with Crippen molar-refractivity contribution in [1.29, 1.82) is 0 Å². The number of carbonyl (C=O) groups is 1. The summed E-state index contributed by atoms with van der Waals surface area (Å²) in [6, 6.07) is 2.74. The number of rotatable bonds is 4. The standard InChI is InChI=1S/C10H12N2O4S/c13-6-10(4-1-5-10)11-9(14)7-2-3-8(17-7)12(15)16/h2-3,13H,1,4-6H2,(H,11,14). The van der Waals surface area contributed by atoms with Crippen LogP contribution < -0.4 is 5.32 Å². The minimum atomic E-state index is -0.521. The van der Waals surface area contributed by atoms with Crippen molar-refractivity contribution in [2.75, 3.05) is 6.61 Å². The molecule has 2 N–H and O–H groups in total. The number of hydrogen-bond acceptors (Lipinski definition) is 5. The molecule has 7 heteroatoms. The van der Waals surface area contributed by atoms with E-state index in [0.717, 1.165) is 30.6 Å². The quantitative estimate of drug-likeness (QED) is 0.627. The van der Waals surface area contributed by atoms with E-state index in [-0.39, 0.29) is 17.5 Å². The third-order valence-corrected chi connectivity index (χ3v) is 4.02. The third-order valence-electron chi connectivity index (χ3n) is 2.99. The third kappa shape index (κ3) is 2.29. The summed E-state index contributed by atoms with van der Waals surface area (Å²) in [7, 11) is 0. The van der Waals surface area contributed by atoms with Crippen molar-refractivity contribution < 1.29 is 14.8 Å². The molecule has 0 aliphatic heterocycles. The smallest absolute Gasteiger partial charge is 0.324 e. The van der Waals surface area contributed by atoms with E-state index in [9.17, 15) is 20.0 Å². The molecular formula is C10H12N2O4S. The van der Waals surface area contributed by atoms with E-state index in [4.69, 9.17) is 0 Å². The van der Waals surface area contributed by atoms with Gasteiger partial charge in [0.2, 0.25) is 0 Å². The van der Waals surface area contributed by atoms with Crippen molar-refractivity contribution in [3.05, 3.63) is 27.1 Å². The number of thiophene rings is 1. The average Bonchev–Trinajstić information content (AvgIpc) is 2.72. The summed E-state index contributed by atoms with van der Waals surface area (Å²) < 4.78 is 0. The number of carbonyl (C=O) groups excluding carboxylic acids is 1. The van der Waals surface area contributed by atoms with Gasteiger partial charge in [-0.3, -0.25) is 14.9 Å². The topological polar surface area (TPSA) is 92.5 Å². The van der Waals surface area contributed by atoms with Crippen molar-refractivity contribution in [1.82, 2.24) is 5.32 Å². The maximum atomic E-state index is 11.8. The lowest BCUT2D eigenvalue weighted by molar-refractivity contribution is -0.380. The van der Waals surface area contributed by atoms with Gasteiger partial charge in [-0.1, -0.05) is 11.3 Å². The van der Waals surface area contributed by atoms with Gasteiger partial charge in [-0.2, -0.15) is 0 Å². The molecular weight excluding hydrogens is 244 g/mol. The number of hydrogen-bond donors (Lipinski definition) is 2. The van der Waals surface area contributed by atoms with Crippen LogP contribution >= 0.6 is 11.3 Å². The molecule has 0 radical (unpaired) electrons. The number of aliphatic hydroxyl groups is 1. The monoisotopic (exact) mass is 256 g/mol. The molecule has 1 amide bonds. The Bertz CT molecular complexity index is 447. The second-order valence-corrected chi connectivity index (χ2v) is 5.20. The minimum absolute atomic E-state index is 0.0539. The largest absolute Gasteiger partial charge is 0.394 e. The summed E-state index contributed by atoms with van der Waals surface area (Å²) in [5.74, 6) is -0.350. The van der Waals surface area contributed by atoms with E-state index in [1.807, 2.05) is 0 Å². The molecule has 6 nitrogen and oxygen atoms in total. The fourth-order valence-electron chi connectivity index (χ4n) is 1.78. The van der Waals surface area contributed by atoms with Gasteiger partial charge in [0.1, 0.15) is 0 Å². The highest BCUT2D eigenvalue weighted by Gasteiger charge is 2.38. The lowest BCUT2D eigenvalue weighted by atomic mass is 9.77. The van der Waals surface area contributed by atoms with Crippen LogP contribution in [0.4, 0.5) is 5.00 Å². The maximum absolute atomic E-state index is 11.8. The molecule has 0 aromatic carbocycles. The molecule has 1 aliphatic carbocycles. The lowest BCUT2D eigenvalue weighted by Gasteiger charge is -2.40. The zero-order chi connectivity index (χ0) is 12.5. The Morgan fingerprint density at radius 2 is 2.29 bits per heavy atom. The second kappa shape index (κ2) is 4.42. The first-order valence-corrected chi connectivity index (χ1v) is 6.06. The van der Waals surface area contributed by atoms with Gasteiger partial charge >= 0.3 is 5.00 Å². The zero-order valence-corrected chi connectivity index (χ0v) is 9.83. The van der Waals surface area contributed by atoms with E-state index in [1.54, 1.807) is 0 Å². The lowest BCUT2D eigenvalue weighted by Crippen LogP contribution is -2.56. The van der Waals surface area contributed by atoms with Crippen LogP contribution in [0.3, 0.4) is 0 Å².